The second-order valence-electron chi connectivity index (χ2n) is 4.56. The molecule has 0 aliphatic heterocycles. The monoisotopic (exact) mass is 330 g/mol. The van der Waals surface area contributed by atoms with Gasteiger partial charge in [-0.2, -0.15) is 0 Å². The Bertz CT molecular complexity index is 780. The molecule has 0 radical (unpaired) electrons. The first kappa shape index (κ1) is 16.9. The smallest absolute Gasteiger partial charge is 0.354 e. The summed E-state index contributed by atoms with van der Waals surface area (Å²) >= 11 is 0. The predicted molar refractivity (Wildman–Crippen MR) is 83.9 cm³/mol. The van der Waals surface area contributed by atoms with Gasteiger partial charge in [0.1, 0.15) is 5.70 Å². The van der Waals surface area contributed by atoms with Gasteiger partial charge in [-0.05, 0) is 30.7 Å². The lowest BCUT2D eigenvalue weighted by Gasteiger charge is -2.08. The topological polar surface area (TPSA) is 112 Å². The summed E-state index contributed by atoms with van der Waals surface area (Å²) in [7, 11) is 0. The zero-order valence-electron chi connectivity index (χ0n) is 12.7. The number of non-ortho nitro benzene ring substituents is 1. The van der Waals surface area contributed by atoms with Crippen LogP contribution < -0.4 is 5.32 Å². The molecule has 1 aromatic heterocycles. The fraction of sp³-hybridized carbons (Fsp3) is 0.125. The molecule has 0 fully saturated rings. The molecule has 2 aromatic rings. The highest BCUT2D eigenvalue weighted by atomic mass is 16.6. The molecule has 1 heterocycles. The van der Waals surface area contributed by atoms with Crippen molar-refractivity contribution in [1.82, 2.24) is 5.32 Å². The van der Waals surface area contributed by atoms with Crippen molar-refractivity contribution in [2.45, 2.75) is 6.92 Å². The van der Waals surface area contributed by atoms with Gasteiger partial charge in [-0.15, -0.1) is 0 Å². The van der Waals surface area contributed by atoms with Gasteiger partial charge in [0.25, 0.3) is 11.6 Å². The highest BCUT2D eigenvalue weighted by Crippen LogP contribution is 2.16. The molecular formula is C16H14N2O6. The van der Waals surface area contributed by atoms with Crippen LogP contribution in [0.5, 0.6) is 0 Å². The van der Waals surface area contributed by atoms with E-state index in [1.54, 1.807) is 13.0 Å². The van der Waals surface area contributed by atoms with E-state index in [0.717, 1.165) is 0 Å². The molecule has 0 saturated heterocycles. The fourth-order valence-electron chi connectivity index (χ4n) is 1.84. The molecule has 0 saturated carbocycles. The Morgan fingerprint density at radius 1 is 1.33 bits per heavy atom. The molecule has 0 unspecified atom stereocenters. The molecule has 0 bridgehead atoms. The van der Waals surface area contributed by atoms with Gasteiger partial charge in [0, 0.05) is 12.1 Å². The summed E-state index contributed by atoms with van der Waals surface area (Å²) in [6.07, 6.45) is 2.62. The zero-order valence-corrected chi connectivity index (χ0v) is 12.7. The number of amides is 1. The van der Waals surface area contributed by atoms with Crippen molar-refractivity contribution in [3.05, 3.63) is 69.8 Å². The second-order valence-corrected chi connectivity index (χ2v) is 4.56. The zero-order chi connectivity index (χ0) is 17.5. The molecule has 0 aliphatic carbocycles. The van der Waals surface area contributed by atoms with Gasteiger partial charge in [-0.25, -0.2) is 4.79 Å². The van der Waals surface area contributed by atoms with Gasteiger partial charge in [0.05, 0.1) is 17.8 Å². The Morgan fingerprint density at radius 3 is 2.75 bits per heavy atom. The first-order valence-corrected chi connectivity index (χ1v) is 6.99. The van der Waals surface area contributed by atoms with Crippen LogP contribution in [0.2, 0.25) is 0 Å². The number of hydrogen-bond acceptors (Lipinski definition) is 6. The van der Waals surface area contributed by atoms with E-state index in [0.29, 0.717) is 5.56 Å². The van der Waals surface area contributed by atoms with E-state index in [-0.39, 0.29) is 23.8 Å². The minimum absolute atomic E-state index is 0.0178. The predicted octanol–water partition coefficient (Wildman–Crippen LogP) is 2.52. The molecule has 0 spiro atoms. The summed E-state index contributed by atoms with van der Waals surface area (Å²) in [5.74, 6) is -1.38. The minimum atomic E-state index is -0.760. The van der Waals surface area contributed by atoms with E-state index in [1.807, 2.05) is 0 Å². The van der Waals surface area contributed by atoms with Crippen LogP contribution in [-0.4, -0.2) is 23.4 Å². The van der Waals surface area contributed by atoms with E-state index in [2.05, 4.69) is 5.32 Å². The van der Waals surface area contributed by atoms with Crippen molar-refractivity contribution >= 4 is 23.6 Å². The molecule has 0 atom stereocenters. The first-order valence-electron chi connectivity index (χ1n) is 6.99. The Morgan fingerprint density at radius 2 is 2.12 bits per heavy atom. The molecule has 1 aromatic carbocycles. The van der Waals surface area contributed by atoms with Gasteiger partial charge < -0.3 is 14.5 Å². The van der Waals surface area contributed by atoms with Crippen molar-refractivity contribution < 1.29 is 23.7 Å². The van der Waals surface area contributed by atoms with Gasteiger partial charge in [0.15, 0.2) is 5.76 Å². The lowest BCUT2D eigenvalue weighted by Crippen LogP contribution is -2.28. The number of nitrogens with one attached hydrogen (secondary N) is 1. The number of benzene rings is 1. The lowest BCUT2D eigenvalue weighted by molar-refractivity contribution is -0.384. The number of nitro benzene ring substituents is 1. The highest BCUT2D eigenvalue weighted by Gasteiger charge is 2.17. The summed E-state index contributed by atoms with van der Waals surface area (Å²) in [6, 6.07) is 8.60. The van der Waals surface area contributed by atoms with Gasteiger partial charge in [0.2, 0.25) is 0 Å². The van der Waals surface area contributed by atoms with Gasteiger partial charge in [-0.1, -0.05) is 12.1 Å². The number of carbonyl (C=O) groups is 2. The Hall–Kier alpha value is -3.42. The van der Waals surface area contributed by atoms with Crippen LogP contribution in [0.1, 0.15) is 23.0 Å². The summed E-state index contributed by atoms with van der Waals surface area (Å²) in [5, 5.41) is 13.2. The molecule has 1 N–H and O–H groups in total. The number of ether oxygens (including phenoxy) is 1. The van der Waals surface area contributed by atoms with Gasteiger partial charge >= 0.3 is 5.97 Å². The Labute approximate surface area is 136 Å². The first-order chi connectivity index (χ1) is 11.5. The third kappa shape index (κ3) is 4.29. The third-order valence-electron chi connectivity index (χ3n) is 2.88. The van der Waals surface area contributed by atoms with Crippen LogP contribution in [-0.2, 0) is 9.53 Å². The number of nitrogens with zero attached hydrogens (tertiary/aromatic N) is 1. The molecule has 0 aliphatic rings. The van der Waals surface area contributed by atoms with Crippen molar-refractivity contribution in [3.63, 3.8) is 0 Å². The molecule has 8 nitrogen and oxygen atoms in total. The maximum absolute atomic E-state index is 12.0. The number of esters is 1. The fourth-order valence-corrected chi connectivity index (χ4v) is 1.84. The van der Waals surface area contributed by atoms with E-state index in [1.165, 1.54) is 42.7 Å². The lowest BCUT2D eigenvalue weighted by atomic mass is 10.1. The van der Waals surface area contributed by atoms with Crippen LogP contribution in [0.3, 0.4) is 0 Å². The molecular weight excluding hydrogens is 316 g/mol. The standard InChI is InChI=1S/C16H14N2O6/c1-2-23-16(20)13(17-15(19)14-7-4-8-24-14)10-11-5-3-6-12(9-11)18(21)22/h3-10H,2H2,1H3,(H,17,19)/b13-10+. The molecule has 8 heteroatoms. The molecule has 124 valence electrons. The van der Waals surface area contributed by atoms with Crippen LogP contribution in [0.4, 0.5) is 5.69 Å². The third-order valence-corrected chi connectivity index (χ3v) is 2.88. The minimum Gasteiger partial charge on any atom is -0.461 e. The maximum atomic E-state index is 12.0. The average molecular weight is 330 g/mol. The van der Waals surface area contributed by atoms with Crippen LogP contribution in [0.25, 0.3) is 6.08 Å². The average Bonchev–Trinajstić information content (AvgIpc) is 3.09. The maximum Gasteiger partial charge on any atom is 0.354 e. The molecule has 24 heavy (non-hydrogen) atoms. The Kier molecular flexibility index (Phi) is 5.45. The number of rotatable bonds is 6. The van der Waals surface area contributed by atoms with Crippen LogP contribution in [0, 0.1) is 10.1 Å². The van der Waals surface area contributed by atoms with E-state index < -0.39 is 16.8 Å². The molecule has 1 amide bonds. The summed E-state index contributed by atoms with van der Waals surface area (Å²) < 4.78 is 9.84. The van der Waals surface area contributed by atoms with Crippen molar-refractivity contribution in [1.29, 1.82) is 0 Å². The Balaban J connectivity index is 2.31. The summed E-state index contributed by atoms with van der Waals surface area (Å²) in [5.41, 5.74) is 0.0788. The number of furan rings is 1. The van der Waals surface area contributed by atoms with E-state index in [9.17, 15) is 19.7 Å². The van der Waals surface area contributed by atoms with E-state index >= 15 is 0 Å². The van der Waals surface area contributed by atoms with E-state index in [4.69, 9.17) is 9.15 Å². The number of hydrogen-bond donors (Lipinski definition) is 1. The quantitative estimate of drug-likeness (QED) is 0.377. The SMILES string of the molecule is CCOC(=O)/C(=C\c1cccc([N+](=O)[O-])c1)NC(=O)c1ccco1. The number of nitro groups is 1. The number of carbonyl (C=O) groups excluding carboxylic acids is 2. The summed E-state index contributed by atoms with van der Waals surface area (Å²) in [4.78, 5) is 34.3. The normalized spacial score (nSPS) is 11.0. The van der Waals surface area contributed by atoms with Crippen molar-refractivity contribution in [2.24, 2.45) is 0 Å². The van der Waals surface area contributed by atoms with Crippen LogP contribution in [0.15, 0.2) is 52.8 Å². The van der Waals surface area contributed by atoms with Crippen molar-refractivity contribution in [2.75, 3.05) is 6.61 Å². The largest absolute Gasteiger partial charge is 0.461 e. The molecule has 2 rings (SSSR count). The van der Waals surface area contributed by atoms with Crippen LogP contribution >= 0.6 is 0 Å². The second kappa shape index (κ2) is 7.73. The van der Waals surface area contributed by atoms with Crippen molar-refractivity contribution in [3.8, 4) is 0 Å². The highest BCUT2D eigenvalue weighted by molar-refractivity contribution is 6.02. The van der Waals surface area contributed by atoms with Gasteiger partial charge in [-0.3, -0.25) is 14.9 Å². The summed E-state index contributed by atoms with van der Waals surface area (Å²) in [6.45, 7) is 1.74.